The lowest BCUT2D eigenvalue weighted by atomic mass is 10.1. The highest BCUT2D eigenvalue weighted by Crippen LogP contribution is 2.35. The van der Waals surface area contributed by atoms with E-state index in [9.17, 15) is 22.8 Å². The normalized spacial score (nSPS) is 12.9. The SMILES string of the molecule is O=C1COc2c(cccc2NC(=O)c2cc(F)c(F)cc2F)N1. The van der Waals surface area contributed by atoms with E-state index in [1.807, 2.05) is 0 Å². The van der Waals surface area contributed by atoms with E-state index in [-0.39, 0.29) is 24.0 Å². The van der Waals surface area contributed by atoms with E-state index in [0.717, 1.165) is 0 Å². The lowest BCUT2D eigenvalue weighted by molar-refractivity contribution is -0.118. The van der Waals surface area contributed by atoms with Crippen molar-refractivity contribution in [1.29, 1.82) is 0 Å². The van der Waals surface area contributed by atoms with Crippen LogP contribution in [0, 0.1) is 17.5 Å². The first-order valence-corrected chi connectivity index (χ1v) is 6.47. The van der Waals surface area contributed by atoms with Crippen molar-refractivity contribution in [2.75, 3.05) is 17.2 Å². The van der Waals surface area contributed by atoms with Gasteiger partial charge in [0.2, 0.25) is 0 Å². The van der Waals surface area contributed by atoms with Gasteiger partial charge in [-0.05, 0) is 18.2 Å². The van der Waals surface area contributed by atoms with Gasteiger partial charge in [-0.25, -0.2) is 13.2 Å². The zero-order valence-corrected chi connectivity index (χ0v) is 11.5. The number of halogens is 3. The fourth-order valence-electron chi connectivity index (χ4n) is 2.10. The minimum Gasteiger partial charge on any atom is -0.479 e. The first kappa shape index (κ1) is 14.9. The molecule has 0 unspecified atom stereocenters. The summed E-state index contributed by atoms with van der Waals surface area (Å²) in [6.45, 7) is -0.237. The summed E-state index contributed by atoms with van der Waals surface area (Å²) in [6.07, 6.45) is 0. The molecule has 1 aliphatic heterocycles. The third-order valence-corrected chi connectivity index (χ3v) is 3.14. The third-order valence-electron chi connectivity index (χ3n) is 3.14. The number of rotatable bonds is 2. The molecular formula is C15H9F3N2O3. The maximum absolute atomic E-state index is 13.6. The summed E-state index contributed by atoms with van der Waals surface area (Å²) in [5.74, 6) is -5.05. The van der Waals surface area contributed by atoms with Gasteiger partial charge in [0, 0.05) is 6.07 Å². The van der Waals surface area contributed by atoms with E-state index < -0.39 is 28.9 Å². The number of para-hydroxylation sites is 1. The van der Waals surface area contributed by atoms with Crippen LogP contribution in [0.2, 0.25) is 0 Å². The molecule has 0 spiro atoms. The van der Waals surface area contributed by atoms with Crippen molar-refractivity contribution in [3.8, 4) is 5.75 Å². The molecule has 2 N–H and O–H groups in total. The van der Waals surface area contributed by atoms with E-state index in [0.29, 0.717) is 17.8 Å². The topological polar surface area (TPSA) is 67.4 Å². The molecule has 8 heteroatoms. The zero-order valence-electron chi connectivity index (χ0n) is 11.5. The predicted octanol–water partition coefficient (Wildman–Crippen LogP) is 2.69. The summed E-state index contributed by atoms with van der Waals surface area (Å²) in [6, 6.07) is 5.32. The number of carbonyl (C=O) groups is 2. The Hall–Kier alpha value is -3.03. The van der Waals surface area contributed by atoms with Crippen molar-refractivity contribution < 1.29 is 27.5 Å². The standard InChI is InChI=1S/C15H9F3N2O3/c16-8-5-10(18)9(17)4-7(8)15(22)20-12-3-1-2-11-14(12)23-6-13(21)19-11/h1-5H,6H2,(H,19,21)(H,20,22). The fourth-order valence-corrected chi connectivity index (χ4v) is 2.10. The van der Waals surface area contributed by atoms with Crippen LogP contribution in [-0.2, 0) is 4.79 Å². The number of hydrogen-bond acceptors (Lipinski definition) is 3. The highest BCUT2D eigenvalue weighted by Gasteiger charge is 2.22. The molecule has 0 saturated carbocycles. The molecule has 0 fully saturated rings. The van der Waals surface area contributed by atoms with Gasteiger partial charge >= 0.3 is 0 Å². The molecule has 5 nitrogen and oxygen atoms in total. The van der Waals surface area contributed by atoms with Crippen LogP contribution in [0.4, 0.5) is 24.5 Å². The molecule has 1 aliphatic rings. The van der Waals surface area contributed by atoms with Crippen LogP contribution in [-0.4, -0.2) is 18.4 Å². The second kappa shape index (κ2) is 5.64. The van der Waals surface area contributed by atoms with Crippen molar-refractivity contribution >= 4 is 23.2 Å². The van der Waals surface area contributed by atoms with Gasteiger partial charge in [0.15, 0.2) is 24.0 Å². The fraction of sp³-hybridized carbons (Fsp3) is 0.0667. The largest absolute Gasteiger partial charge is 0.479 e. The number of amides is 2. The van der Waals surface area contributed by atoms with Crippen LogP contribution in [0.15, 0.2) is 30.3 Å². The first-order chi connectivity index (χ1) is 11.0. The molecule has 1 heterocycles. The number of benzene rings is 2. The molecule has 0 saturated heterocycles. The number of nitrogens with one attached hydrogen (secondary N) is 2. The summed E-state index contributed by atoms with van der Waals surface area (Å²) in [5, 5.41) is 4.89. The van der Waals surface area contributed by atoms with Crippen LogP contribution in [0.5, 0.6) is 5.75 Å². The molecule has 0 bridgehead atoms. The summed E-state index contributed by atoms with van der Waals surface area (Å²) in [4.78, 5) is 23.3. The predicted molar refractivity (Wildman–Crippen MR) is 74.8 cm³/mol. The van der Waals surface area contributed by atoms with Gasteiger partial charge < -0.3 is 15.4 Å². The Morgan fingerprint density at radius 1 is 1.13 bits per heavy atom. The maximum Gasteiger partial charge on any atom is 0.262 e. The van der Waals surface area contributed by atoms with Crippen molar-refractivity contribution in [1.82, 2.24) is 0 Å². The summed E-state index contributed by atoms with van der Waals surface area (Å²) >= 11 is 0. The van der Waals surface area contributed by atoms with Crippen LogP contribution in [0.1, 0.15) is 10.4 Å². The Labute approximate surface area is 128 Å². The van der Waals surface area contributed by atoms with E-state index in [1.165, 1.54) is 12.1 Å². The Kier molecular flexibility index (Phi) is 3.65. The molecule has 0 radical (unpaired) electrons. The molecule has 0 aliphatic carbocycles. The lowest BCUT2D eigenvalue weighted by Crippen LogP contribution is -2.26. The quantitative estimate of drug-likeness (QED) is 0.836. The summed E-state index contributed by atoms with van der Waals surface area (Å²) < 4.78 is 44.9. The number of hydrogen-bond donors (Lipinski definition) is 2. The van der Waals surface area contributed by atoms with E-state index in [1.54, 1.807) is 6.07 Å². The molecule has 0 atom stereocenters. The highest BCUT2D eigenvalue weighted by atomic mass is 19.2. The minimum absolute atomic E-state index is 0.164. The second-order valence-corrected chi connectivity index (χ2v) is 4.72. The number of carbonyl (C=O) groups excluding carboxylic acids is 2. The number of ether oxygens (including phenoxy) is 1. The van der Waals surface area contributed by atoms with Gasteiger partial charge in [0.1, 0.15) is 5.82 Å². The molecule has 2 aromatic carbocycles. The van der Waals surface area contributed by atoms with E-state index in [2.05, 4.69) is 10.6 Å². The first-order valence-electron chi connectivity index (χ1n) is 6.47. The van der Waals surface area contributed by atoms with Gasteiger partial charge in [-0.15, -0.1) is 0 Å². The Morgan fingerprint density at radius 3 is 2.65 bits per heavy atom. The number of fused-ring (bicyclic) bond motifs is 1. The smallest absolute Gasteiger partial charge is 0.262 e. The maximum atomic E-state index is 13.6. The van der Waals surface area contributed by atoms with Gasteiger partial charge in [0.05, 0.1) is 16.9 Å². The second-order valence-electron chi connectivity index (χ2n) is 4.72. The minimum atomic E-state index is -1.39. The van der Waals surface area contributed by atoms with Gasteiger partial charge in [-0.1, -0.05) is 6.07 Å². The Morgan fingerprint density at radius 2 is 1.87 bits per heavy atom. The van der Waals surface area contributed by atoms with Crippen LogP contribution >= 0.6 is 0 Å². The van der Waals surface area contributed by atoms with Gasteiger partial charge in [-0.3, -0.25) is 9.59 Å². The summed E-state index contributed by atoms with van der Waals surface area (Å²) in [5.41, 5.74) is -0.150. The molecule has 118 valence electrons. The average molecular weight is 322 g/mol. The zero-order chi connectivity index (χ0) is 16.6. The molecular weight excluding hydrogens is 313 g/mol. The monoisotopic (exact) mass is 322 g/mol. The molecule has 0 aromatic heterocycles. The van der Waals surface area contributed by atoms with Crippen LogP contribution < -0.4 is 15.4 Å². The Balaban J connectivity index is 1.91. The molecule has 2 amide bonds. The molecule has 3 rings (SSSR count). The summed E-state index contributed by atoms with van der Waals surface area (Å²) in [7, 11) is 0. The molecule has 23 heavy (non-hydrogen) atoms. The lowest BCUT2D eigenvalue weighted by Gasteiger charge is -2.20. The van der Waals surface area contributed by atoms with Crippen molar-refractivity contribution in [2.24, 2.45) is 0 Å². The van der Waals surface area contributed by atoms with Gasteiger partial charge in [0.25, 0.3) is 11.8 Å². The molecule has 2 aromatic rings. The third kappa shape index (κ3) is 2.83. The van der Waals surface area contributed by atoms with Crippen molar-refractivity contribution in [3.05, 3.63) is 53.3 Å². The van der Waals surface area contributed by atoms with Crippen molar-refractivity contribution in [2.45, 2.75) is 0 Å². The van der Waals surface area contributed by atoms with Crippen LogP contribution in [0.3, 0.4) is 0 Å². The average Bonchev–Trinajstić information content (AvgIpc) is 2.50. The highest BCUT2D eigenvalue weighted by molar-refractivity contribution is 6.06. The Bertz CT molecular complexity index is 824. The van der Waals surface area contributed by atoms with Gasteiger partial charge in [-0.2, -0.15) is 0 Å². The van der Waals surface area contributed by atoms with Crippen molar-refractivity contribution in [3.63, 3.8) is 0 Å². The van der Waals surface area contributed by atoms with Crippen LogP contribution in [0.25, 0.3) is 0 Å². The van der Waals surface area contributed by atoms with E-state index in [4.69, 9.17) is 4.74 Å². The number of anilines is 2. The van der Waals surface area contributed by atoms with E-state index >= 15 is 0 Å².